The SMILES string of the molecule is OCC(CCl)=NNC1=Nc2ccc(Cl)cc2C(c2ccccc2)=NC1. The highest BCUT2D eigenvalue weighted by Gasteiger charge is 2.16. The Morgan fingerprint density at radius 1 is 1.20 bits per heavy atom. The number of amidine groups is 1. The van der Waals surface area contributed by atoms with Crippen LogP contribution in [-0.2, 0) is 0 Å². The highest BCUT2D eigenvalue weighted by Crippen LogP contribution is 2.28. The van der Waals surface area contributed by atoms with E-state index in [9.17, 15) is 0 Å². The number of alkyl halides is 1. The third kappa shape index (κ3) is 4.25. The van der Waals surface area contributed by atoms with Crippen molar-refractivity contribution in [1.29, 1.82) is 0 Å². The third-order valence-electron chi connectivity index (χ3n) is 3.58. The quantitative estimate of drug-likeness (QED) is 0.489. The van der Waals surface area contributed by atoms with Gasteiger partial charge >= 0.3 is 0 Å². The molecule has 0 fully saturated rings. The van der Waals surface area contributed by atoms with Gasteiger partial charge < -0.3 is 5.11 Å². The Morgan fingerprint density at radius 2 is 2.00 bits per heavy atom. The van der Waals surface area contributed by atoms with E-state index in [1.165, 1.54) is 0 Å². The highest BCUT2D eigenvalue weighted by atomic mass is 35.5. The molecule has 7 heteroatoms. The molecule has 1 heterocycles. The van der Waals surface area contributed by atoms with Crippen LogP contribution >= 0.6 is 23.2 Å². The number of aliphatic imine (C=N–C) groups is 2. The molecule has 0 unspecified atom stereocenters. The largest absolute Gasteiger partial charge is 0.390 e. The van der Waals surface area contributed by atoms with Crippen molar-refractivity contribution in [2.75, 3.05) is 19.0 Å². The number of aliphatic hydroxyl groups excluding tert-OH is 1. The van der Waals surface area contributed by atoms with Crippen LogP contribution in [0.4, 0.5) is 5.69 Å². The number of halogens is 2. The third-order valence-corrected chi connectivity index (χ3v) is 4.13. The molecule has 0 radical (unpaired) electrons. The lowest BCUT2D eigenvalue weighted by molar-refractivity contribution is 0.356. The van der Waals surface area contributed by atoms with E-state index in [1.807, 2.05) is 42.5 Å². The number of hydrogen-bond acceptors (Lipinski definition) is 5. The molecule has 0 amide bonds. The van der Waals surface area contributed by atoms with Crippen LogP contribution in [0.25, 0.3) is 0 Å². The van der Waals surface area contributed by atoms with Gasteiger partial charge in [-0.05, 0) is 18.2 Å². The summed E-state index contributed by atoms with van der Waals surface area (Å²) in [5, 5.41) is 13.8. The van der Waals surface area contributed by atoms with Crippen molar-refractivity contribution in [2.24, 2.45) is 15.1 Å². The zero-order valence-electron chi connectivity index (χ0n) is 13.3. The number of nitrogens with zero attached hydrogens (tertiary/aromatic N) is 3. The number of hydrogen-bond donors (Lipinski definition) is 2. The van der Waals surface area contributed by atoms with Gasteiger partial charge in [-0.3, -0.25) is 10.4 Å². The minimum absolute atomic E-state index is 0.140. The van der Waals surface area contributed by atoms with Crippen LogP contribution in [-0.4, -0.2) is 41.4 Å². The molecule has 3 rings (SSSR count). The van der Waals surface area contributed by atoms with Crippen LogP contribution in [0.2, 0.25) is 5.02 Å². The van der Waals surface area contributed by atoms with Gasteiger partial charge in [0.1, 0.15) is 5.84 Å². The lowest BCUT2D eigenvalue weighted by Gasteiger charge is -2.08. The molecule has 0 aliphatic carbocycles. The fraction of sp³-hybridized carbons (Fsp3) is 0.167. The molecule has 2 aromatic rings. The second-order valence-corrected chi connectivity index (χ2v) is 6.04. The molecule has 2 aromatic carbocycles. The topological polar surface area (TPSA) is 69.3 Å². The lowest BCUT2D eigenvalue weighted by atomic mass is 10.0. The summed E-state index contributed by atoms with van der Waals surface area (Å²) in [5.41, 5.74) is 6.69. The zero-order valence-corrected chi connectivity index (χ0v) is 14.8. The van der Waals surface area contributed by atoms with Crippen LogP contribution < -0.4 is 5.43 Å². The Morgan fingerprint density at radius 3 is 2.72 bits per heavy atom. The van der Waals surface area contributed by atoms with Gasteiger partial charge in [0.15, 0.2) is 0 Å². The van der Waals surface area contributed by atoms with Crippen LogP contribution in [0.15, 0.2) is 63.6 Å². The van der Waals surface area contributed by atoms with E-state index < -0.39 is 0 Å². The van der Waals surface area contributed by atoms with Gasteiger partial charge in [-0.1, -0.05) is 41.9 Å². The van der Waals surface area contributed by atoms with Crippen LogP contribution in [0.1, 0.15) is 11.1 Å². The maximum atomic E-state index is 9.15. The first-order valence-corrected chi connectivity index (χ1v) is 8.58. The minimum atomic E-state index is -0.214. The number of hydrazone groups is 1. The van der Waals surface area contributed by atoms with Crippen molar-refractivity contribution in [3.05, 3.63) is 64.7 Å². The Kier molecular flexibility index (Phi) is 5.81. The number of nitrogens with one attached hydrogen (secondary N) is 1. The lowest BCUT2D eigenvalue weighted by Crippen LogP contribution is -2.24. The molecule has 0 spiro atoms. The van der Waals surface area contributed by atoms with Crippen molar-refractivity contribution >= 4 is 46.1 Å². The van der Waals surface area contributed by atoms with Crippen molar-refractivity contribution in [2.45, 2.75) is 0 Å². The number of benzene rings is 2. The van der Waals surface area contributed by atoms with Crippen molar-refractivity contribution in [1.82, 2.24) is 5.43 Å². The molecule has 0 saturated carbocycles. The average molecular weight is 375 g/mol. The average Bonchev–Trinajstić information content (AvgIpc) is 2.82. The first kappa shape index (κ1) is 17.6. The van der Waals surface area contributed by atoms with E-state index in [0.717, 1.165) is 22.5 Å². The maximum absolute atomic E-state index is 9.15. The Hall–Kier alpha value is -2.21. The van der Waals surface area contributed by atoms with Gasteiger partial charge in [-0.15, -0.1) is 11.6 Å². The highest BCUT2D eigenvalue weighted by molar-refractivity contribution is 6.31. The second kappa shape index (κ2) is 8.25. The van der Waals surface area contributed by atoms with Crippen molar-refractivity contribution in [3.8, 4) is 0 Å². The van der Waals surface area contributed by atoms with Gasteiger partial charge in [-0.2, -0.15) is 5.10 Å². The zero-order chi connectivity index (χ0) is 17.6. The maximum Gasteiger partial charge on any atom is 0.144 e. The molecule has 2 N–H and O–H groups in total. The van der Waals surface area contributed by atoms with E-state index in [1.54, 1.807) is 6.07 Å². The summed E-state index contributed by atoms with van der Waals surface area (Å²) in [6.45, 7) is 0.107. The minimum Gasteiger partial charge on any atom is -0.390 e. The standard InChI is InChI=1S/C18H16Cl2N4O/c19-9-14(11-25)23-24-17-10-21-18(12-4-2-1-3-5-12)15-8-13(20)6-7-16(15)22-17/h1-8,25H,9-11H2,(H,22,24). The summed E-state index contributed by atoms with van der Waals surface area (Å²) >= 11 is 11.9. The molecule has 25 heavy (non-hydrogen) atoms. The Balaban J connectivity index is 2.01. The molecule has 5 nitrogen and oxygen atoms in total. The summed E-state index contributed by atoms with van der Waals surface area (Å²) in [6, 6.07) is 15.4. The van der Waals surface area contributed by atoms with E-state index in [0.29, 0.717) is 23.1 Å². The monoisotopic (exact) mass is 374 g/mol. The van der Waals surface area contributed by atoms with Gasteiger partial charge in [-0.25, -0.2) is 4.99 Å². The van der Waals surface area contributed by atoms with Crippen molar-refractivity contribution in [3.63, 3.8) is 0 Å². The molecular formula is C18H16Cl2N4O. The van der Waals surface area contributed by atoms with Crippen LogP contribution in [0.5, 0.6) is 0 Å². The van der Waals surface area contributed by atoms with E-state index in [4.69, 9.17) is 28.3 Å². The summed E-state index contributed by atoms with van der Waals surface area (Å²) in [6.07, 6.45) is 0. The van der Waals surface area contributed by atoms with E-state index in [-0.39, 0.29) is 12.5 Å². The van der Waals surface area contributed by atoms with E-state index >= 15 is 0 Å². The Labute approximate surface area is 155 Å². The van der Waals surface area contributed by atoms with Crippen LogP contribution in [0, 0.1) is 0 Å². The first-order valence-electron chi connectivity index (χ1n) is 7.67. The molecular weight excluding hydrogens is 359 g/mol. The molecule has 0 saturated heterocycles. The fourth-order valence-electron chi connectivity index (χ4n) is 2.37. The first-order chi connectivity index (χ1) is 12.2. The normalized spacial score (nSPS) is 14.3. The van der Waals surface area contributed by atoms with Gasteiger partial charge in [0.2, 0.25) is 0 Å². The predicted octanol–water partition coefficient (Wildman–Crippen LogP) is 3.40. The molecule has 1 aliphatic heterocycles. The molecule has 0 atom stereocenters. The van der Waals surface area contributed by atoms with Gasteiger partial charge in [0.25, 0.3) is 0 Å². The summed E-state index contributed by atoms with van der Waals surface area (Å²) in [5.74, 6) is 0.701. The van der Waals surface area contributed by atoms with Gasteiger partial charge in [0.05, 0.1) is 36.1 Å². The molecule has 0 bridgehead atoms. The fourth-order valence-corrected chi connectivity index (χ4v) is 2.69. The van der Waals surface area contributed by atoms with E-state index in [2.05, 4.69) is 20.5 Å². The number of fused-ring (bicyclic) bond motifs is 1. The Bertz CT molecular complexity index is 841. The molecule has 0 aromatic heterocycles. The molecule has 1 aliphatic rings. The number of aliphatic hydroxyl groups is 1. The summed E-state index contributed by atoms with van der Waals surface area (Å²) < 4.78 is 0. The number of rotatable bonds is 4. The van der Waals surface area contributed by atoms with Gasteiger partial charge in [0, 0.05) is 16.1 Å². The molecule has 128 valence electrons. The smallest absolute Gasteiger partial charge is 0.144 e. The van der Waals surface area contributed by atoms with Crippen LogP contribution in [0.3, 0.4) is 0 Å². The summed E-state index contributed by atoms with van der Waals surface area (Å²) in [4.78, 5) is 9.28. The second-order valence-electron chi connectivity index (χ2n) is 5.33. The van der Waals surface area contributed by atoms with Crippen molar-refractivity contribution < 1.29 is 5.11 Å². The predicted molar refractivity (Wildman–Crippen MR) is 104 cm³/mol. The summed E-state index contributed by atoms with van der Waals surface area (Å²) in [7, 11) is 0.